The predicted octanol–water partition coefficient (Wildman–Crippen LogP) is 0.943. The molecule has 1 aromatic carbocycles. The Kier molecular flexibility index (Phi) is 3.55. The molecular formula is C12H17FN2O3S. The summed E-state index contributed by atoms with van der Waals surface area (Å²) in [5.41, 5.74) is 4.23. The van der Waals surface area contributed by atoms with Crippen LogP contribution >= 0.6 is 0 Å². The Labute approximate surface area is 111 Å². The number of aliphatic hydroxyl groups is 1. The first-order chi connectivity index (χ1) is 8.78. The molecular weight excluding hydrogens is 271 g/mol. The summed E-state index contributed by atoms with van der Waals surface area (Å²) in [6.45, 7) is 2.07. The van der Waals surface area contributed by atoms with Crippen molar-refractivity contribution in [3.63, 3.8) is 0 Å². The topological polar surface area (TPSA) is 83.6 Å². The van der Waals surface area contributed by atoms with Gasteiger partial charge in [-0.2, -0.15) is 4.31 Å². The first kappa shape index (κ1) is 14.2. The number of hydrogen-bond donors (Lipinski definition) is 2. The average molecular weight is 288 g/mol. The standard InChI is InChI=1S/C12H17FN2O3S/c1-2-5-12(16)7-15(8-12)19(17,18)9-3-4-10(13)11(14)6-9/h3-4,6,16H,2,5,7-8,14H2,1H3. The van der Waals surface area contributed by atoms with Crippen LogP contribution in [0.3, 0.4) is 0 Å². The van der Waals surface area contributed by atoms with E-state index in [-0.39, 0.29) is 23.7 Å². The van der Waals surface area contributed by atoms with E-state index in [1.807, 2.05) is 6.92 Å². The van der Waals surface area contributed by atoms with E-state index in [0.29, 0.717) is 6.42 Å². The van der Waals surface area contributed by atoms with Crippen LogP contribution < -0.4 is 5.73 Å². The highest BCUT2D eigenvalue weighted by molar-refractivity contribution is 7.89. The molecule has 0 aromatic heterocycles. The van der Waals surface area contributed by atoms with E-state index in [4.69, 9.17) is 5.73 Å². The molecule has 1 aliphatic rings. The van der Waals surface area contributed by atoms with Crippen molar-refractivity contribution in [2.75, 3.05) is 18.8 Å². The zero-order valence-corrected chi connectivity index (χ0v) is 11.5. The molecule has 5 nitrogen and oxygen atoms in total. The summed E-state index contributed by atoms with van der Waals surface area (Å²) in [7, 11) is -3.70. The molecule has 2 rings (SSSR count). The van der Waals surface area contributed by atoms with Gasteiger partial charge in [-0.25, -0.2) is 12.8 Å². The summed E-state index contributed by atoms with van der Waals surface area (Å²) < 4.78 is 38.6. The zero-order valence-electron chi connectivity index (χ0n) is 10.6. The highest BCUT2D eigenvalue weighted by Gasteiger charge is 2.46. The Morgan fingerprint density at radius 2 is 2.11 bits per heavy atom. The predicted molar refractivity (Wildman–Crippen MR) is 69.4 cm³/mol. The number of halogens is 1. The Morgan fingerprint density at radius 1 is 1.47 bits per heavy atom. The fourth-order valence-electron chi connectivity index (χ4n) is 2.24. The molecule has 7 heteroatoms. The van der Waals surface area contributed by atoms with Crippen molar-refractivity contribution in [2.24, 2.45) is 0 Å². The fourth-order valence-corrected chi connectivity index (χ4v) is 3.87. The molecule has 1 saturated heterocycles. The Morgan fingerprint density at radius 3 is 2.63 bits per heavy atom. The van der Waals surface area contributed by atoms with Gasteiger partial charge in [-0.1, -0.05) is 13.3 Å². The summed E-state index contributed by atoms with van der Waals surface area (Å²) in [5, 5.41) is 10.00. The second-order valence-electron chi connectivity index (χ2n) is 4.93. The fraction of sp³-hybridized carbons (Fsp3) is 0.500. The minimum Gasteiger partial charge on any atom is -0.396 e. The third kappa shape index (κ3) is 2.58. The van der Waals surface area contributed by atoms with E-state index in [2.05, 4.69) is 0 Å². The quantitative estimate of drug-likeness (QED) is 0.808. The first-order valence-corrected chi connectivity index (χ1v) is 7.50. The number of rotatable bonds is 4. The largest absolute Gasteiger partial charge is 0.396 e. The van der Waals surface area contributed by atoms with Gasteiger partial charge in [0, 0.05) is 13.1 Å². The Hall–Kier alpha value is -1.18. The molecule has 0 saturated carbocycles. The van der Waals surface area contributed by atoms with Crippen molar-refractivity contribution in [1.82, 2.24) is 4.31 Å². The van der Waals surface area contributed by atoms with Crippen LogP contribution in [0.5, 0.6) is 0 Å². The first-order valence-electron chi connectivity index (χ1n) is 6.06. The number of hydrogen-bond acceptors (Lipinski definition) is 4. The van der Waals surface area contributed by atoms with E-state index in [0.717, 1.165) is 18.6 Å². The van der Waals surface area contributed by atoms with Crippen LogP contribution in [0.4, 0.5) is 10.1 Å². The van der Waals surface area contributed by atoms with E-state index >= 15 is 0 Å². The van der Waals surface area contributed by atoms with Crippen molar-refractivity contribution in [3.8, 4) is 0 Å². The van der Waals surface area contributed by atoms with Gasteiger partial charge in [0.2, 0.25) is 10.0 Å². The van der Waals surface area contributed by atoms with Gasteiger partial charge in [0.25, 0.3) is 0 Å². The van der Waals surface area contributed by atoms with Crippen LogP contribution in [0.15, 0.2) is 23.1 Å². The minimum atomic E-state index is -3.70. The van der Waals surface area contributed by atoms with E-state index in [1.54, 1.807) is 0 Å². The maximum Gasteiger partial charge on any atom is 0.243 e. The molecule has 0 unspecified atom stereocenters. The smallest absolute Gasteiger partial charge is 0.243 e. The molecule has 1 aliphatic heterocycles. The van der Waals surface area contributed by atoms with E-state index < -0.39 is 21.4 Å². The van der Waals surface area contributed by atoms with Crippen molar-refractivity contribution >= 4 is 15.7 Å². The average Bonchev–Trinajstić information content (AvgIpc) is 2.29. The van der Waals surface area contributed by atoms with Gasteiger partial charge in [-0.15, -0.1) is 0 Å². The number of sulfonamides is 1. The summed E-state index contributed by atoms with van der Waals surface area (Å²) in [6, 6.07) is 3.31. The van der Waals surface area contributed by atoms with Crippen LogP contribution in [-0.2, 0) is 10.0 Å². The van der Waals surface area contributed by atoms with Gasteiger partial charge in [-0.05, 0) is 24.6 Å². The third-order valence-electron chi connectivity index (χ3n) is 3.26. The maximum absolute atomic E-state index is 13.0. The molecule has 0 atom stereocenters. The number of anilines is 1. The van der Waals surface area contributed by atoms with Gasteiger partial charge >= 0.3 is 0 Å². The lowest BCUT2D eigenvalue weighted by atomic mass is 9.92. The van der Waals surface area contributed by atoms with Crippen LogP contribution in [0.2, 0.25) is 0 Å². The van der Waals surface area contributed by atoms with Crippen molar-refractivity contribution in [2.45, 2.75) is 30.3 Å². The van der Waals surface area contributed by atoms with Crippen LogP contribution in [-0.4, -0.2) is 36.5 Å². The summed E-state index contributed by atoms with van der Waals surface area (Å²) in [5.74, 6) is -0.648. The van der Waals surface area contributed by atoms with Crippen molar-refractivity contribution in [1.29, 1.82) is 0 Å². The minimum absolute atomic E-state index is 0.0510. The second-order valence-corrected chi connectivity index (χ2v) is 6.87. The lowest BCUT2D eigenvalue weighted by Crippen LogP contribution is -2.63. The molecule has 0 amide bonds. The van der Waals surface area contributed by atoms with E-state index in [9.17, 15) is 17.9 Å². The van der Waals surface area contributed by atoms with Gasteiger partial charge < -0.3 is 10.8 Å². The lowest BCUT2D eigenvalue weighted by Gasteiger charge is -2.45. The molecule has 0 radical (unpaired) electrons. The van der Waals surface area contributed by atoms with Crippen LogP contribution in [0, 0.1) is 5.82 Å². The Balaban J connectivity index is 2.19. The van der Waals surface area contributed by atoms with Crippen molar-refractivity contribution in [3.05, 3.63) is 24.0 Å². The number of β-amino-alcohol motifs (C(OH)–C–C–N with tert-alkyl or cyclic N) is 1. The number of nitrogens with two attached hydrogens (primary N) is 1. The SMILES string of the molecule is CCCC1(O)CN(S(=O)(=O)c2ccc(F)c(N)c2)C1. The molecule has 0 aliphatic carbocycles. The molecule has 106 valence electrons. The highest BCUT2D eigenvalue weighted by Crippen LogP contribution is 2.31. The zero-order chi connectivity index (χ0) is 14.3. The van der Waals surface area contributed by atoms with Gasteiger partial charge in [0.1, 0.15) is 5.82 Å². The molecule has 0 spiro atoms. The van der Waals surface area contributed by atoms with E-state index in [1.165, 1.54) is 10.4 Å². The number of benzene rings is 1. The third-order valence-corrected chi connectivity index (χ3v) is 5.05. The van der Waals surface area contributed by atoms with Crippen LogP contribution in [0.1, 0.15) is 19.8 Å². The van der Waals surface area contributed by atoms with Crippen LogP contribution in [0.25, 0.3) is 0 Å². The number of nitrogens with zero attached hydrogens (tertiary/aromatic N) is 1. The monoisotopic (exact) mass is 288 g/mol. The van der Waals surface area contributed by atoms with Crippen molar-refractivity contribution < 1.29 is 17.9 Å². The Bertz CT molecular complexity index is 583. The van der Waals surface area contributed by atoms with Gasteiger partial charge in [-0.3, -0.25) is 0 Å². The molecule has 1 fully saturated rings. The maximum atomic E-state index is 13.0. The normalized spacial score (nSPS) is 19.1. The molecule has 3 N–H and O–H groups in total. The molecule has 19 heavy (non-hydrogen) atoms. The molecule has 1 heterocycles. The number of nitrogen functional groups attached to an aromatic ring is 1. The lowest BCUT2D eigenvalue weighted by molar-refractivity contribution is -0.0653. The highest BCUT2D eigenvalue weighted by atomic mass is 32.2. The summed E-state index contributed by atoms with van der Waals surface area (Å²) in [4.78, 5) is -0.0510. The van der Waals surface area contributed by atoms with Gasteiger partial charge in [0.05, 0.1) is 16.2 Å². The van der Waals surface area contributed by atoms with Gasteiger partial charge in [0.15, 0.2) is 0 Å². The summed E-state index contributed by atoms with van der Waals surface area (Å²) in [6.07, 6.45) is 1.35. The molecule has 1 aromatic rings. The second kappa shape index (κ2) is 4.73. The summed E-state index contributed by atoms with van der Waals surface area (Å²) >= 11 is 0. The molecule has 0 bridgehead atoms.